The summed E-state index contributed by atoms with van der Waals surface area (Å²) in [5.41, 5.74) is 8.57. The van der Waals surface area contributed by atoms with E-state index in [1.807, 2.05) is 37.3 Å². The molecule has 2 aliphatic heterocycles. The van der Waals surface area contributed by atoms with Gasteiger partial charge in [-0.05, 0) is 54.4 Å². The van der Waals surface area contributed by atoms with Crippen molar-refractivity contribution in [1.29, 1.82) is 0 Å². The molecule has 0 unspecified atom stereocenters. The average Bonchev–Trinajstić information content (AvgIpc) is 2.87. The van der Waals surface area contributed by atoms with Crippen LogP contribution in [0, 0.1) is 5.82 Å². The molecular formula is C17H15FN3O2. The summed E-state index contributed by atoms with van der Waals surface area (Å²) in [5, 5.41) is 13.7. The predicted octanol–water partition coefficient (Wildman–Crippen LogP) is 2.91. The Morgan fingerprint density at radius 2 is 1.70 bits per heavy atom. The number of para-hydroxylation sites is 1. The number of hydrogen-bond donors (Lipinski definition) is 1. The molecule has 0 atom stereocenters. The van der Waals surface area contributed by atoms with Crippen LogP contribution < -0.4 is 15.6 Å². The van der Waals surface area contributed by atoms with Crippen LogP contribution in [0.1, 0.15) is 12.5 Å². The number of allylic oxidation sites excluding steroid dienone is 1. The van der Waals surface area contributed by atoms with Crippen molar-refractivity contribution < 1.29 is 15.0 Å². The number of rotatable bonds is 1. The molecule has 3 N–H and O–H groups in total. The maximum absolute atomic E-state index is 13.1. The summed E-state index contributed by atoms with van der Waals surface area (Å²) in [6.07, 6.45) is 2.01. The van der Waals surface area contributed by atoms with Crippen LogP contribution in [0.5, 0.6) is 0 Å². The van der Waals surface area contributed by atoms with Gasteiger partial charge in [0.2, 0.25) is 5.88 Å². The molecule has 0 amide bonds. The van der Waals surface area contributed by atoms with E-state index in [1.54, 1.807) is 17.1 Å². The van der Waals surface area contributed by atoms with Crippen molar-refractivity contribution in [3.63, 3.8) is 0 Å². The van der Waals surface area contributed by atoms with Crippen LogP contribution in [0.4, 0.5) is 15.8 Å². The van der Waals surface area contributed by atoms with E-state index in [1.165, 1.54) is 17.1 Å². The monoisotopic (exact) mass is 312 g/mol. The highest BCUT2D eigenvalue weighted by Crippen LogP contribution is 2.39. The molecule has 4 rings (SSSR count). The lowest BCUT2D eigenvalue weighted by Gasteiger charge is -2.26. The van der Waals surface area contributed by atoms with Gasteiger partial charge in [-0.15, -0.1) is 0 Å². The number of halogens is 1. The third kappa shape index (κ3) is 2.25. The van der Waals surface area contributed by atoms with Crippen molar-refractivity contribution in [3.05, 3.63) is 77.1 Å². The first kappa shape index (κ1) is 15.1. The lowest BCUT2D eigenvalue weighted by molar-refractivity contribution is 0.387. The maximum atomic E-state index is 13.1. The fraction of sp³-hybridized carbons (Fsp3) is 0.0588. The highest BCUT2D eigenvalue weighted by atomic mass is 19.1. The van der Waals surface area contributed by atoms with Gasteiger partial charge in [0.25, 0.3) is 0 Å². The molecule has 23 heavy (non-hydrogen) atoms. The summed E-state index contributed by atoms with van der Waals surface area (Å²) in [6.45, 7) is 1.93. The number of anilines is 2. The number of aliphatic hydroxyl groups is 1. The van der Waals surface area contributed by atoms with Gasteiger partial charge in [0, 0.05) is 5.56 Å². The molecule has 1 radical (unpaired) electrons. The van der Waals surface area contributed by atoms with Gasteiger partial charge in [-0.1, -0.05) is 18.2 Å². The second kappa shape index (κ2) is 5.42. The summed E-state index contributed by atoms with van der Waals surface area (Å²) >= 11 is 0. The standard InChI is InChI=1S/C17H13FN3O.H2O/c1-11-10-12-4-2-3-5-15(12)21-16(11)17(22)20(19-21)14-8-6-13(18)7-9-14;/h2-10,22H,1H3;1H2. The third-order valence-electron chi connectivity index (χ3n) is 3.78. The molecule has 0 aromatic heterocycles. The Morgan fingerprint density at radius 1 is 1.00 bits per heavy atom. The molecular weight excluding hydrogens is 297 g/mol. The normalized spacial score (nSPS) is 15.8. The van der Waals surface area contributed by atoms with Crippen molar-refractivity contribution >= 4 is 17.5 Å². The van der Waals surface area contributed by atoms with E-state index < -0.39 is 0 Å². The Hall–Kier alpha value is -2.83. The van der Waals surface area contributed by atoms with Gasteiger partial charge in [0.15, 0.2) is 0 Å². The second-order valence-electron chi connectivity index (χ2n) is 5.25. The van der Waals surface area contributed by atoms with Crippen LogP contribution in [-0.4, -0.2) is 10.6 Å². The van der Waals surface area contributed by atoms with E-state index in [0.717, 1.165) is 16.8 Å². The average molecular weight is 312 g/mol. The lowest BCUT2D eigenvalue weighted by Crippen LogP contribution is -2.36. The molecule has 2 aliphatic rings. The predicted molar refractivity (Wildman–Crippen MR) is 86.9 cm³/mol. The molecule has 0 aliphatic carbocycles. The number of fused-ring (bicyclic) bond motifs is 3. The van der Waals surface area contributed by atoms with Crippen LogP contribution >= 0.6 is 0 Å². The van der Waals surface area contributed by atoms with E-state index in [9.17, 15) is 9.50 Å². The van der Waals surface area contributed by atoms with Gasteiger partial charge in [0.05, 0.1) is 11.4 Å². The maximum Gasteiger partial charge on any atom is 0.235 e. The minimum Gasteiger partial charge on any atom is -0.492 e. The Balaban J connectivity index is 0.00000156. The first-order valence-electron chi connectivity index (χ1n) is 6.93. The van der Waals surface area contributed by atoms with Crippen LogP contribution in [0.3, 0.4) is 0 Å². The molecule has 0 spiro atoms. The fourth-order valence-electron chi connectivity index (χ4n) is 2.74. The number of nitrogens with zero attached hydrogens (tertiary/aromatic N) is 3. The van der Waals surface area contributed by atoms with E-state index in [-0.39, 0.29) is 17.2 Å². The van der Waals surface area contributed by atoms with Gasteiger partial charge in [-0.2, -0.15) is 0 Å². The van der Waals surface area contributed by atoms with Gasteiger partial charge < -0.3 is 10.6 Å². The van der Waals surface area contributed by atoms with Crippen LogP contribution in [0.15, 0.2) is 65.7 Å². The van der Waals surface area contributed by atoms with E-state index >= 15 is 0 Å². The highest BCUT2D eigenvalue weighted by Gasteiger charge is 2.36. The molecule has 117 valence electrons. The fourth-order valence-corrected chi connectivity index (χ4v) is 2.74. The van der Waals surface area contributed by atoms with Gasteiger partial charge >= 0.3 is 0 Å². The smallest absolute Gasteiger partial charge is 0.235 e. The van der Waals surface area contributed by atoms with E-state index in [2.05, 4.69) is 5.53 Å². The number of benzene rings is 2. The van der Waals surface area contributed by atoms with E-state index in [4.69, 9.17) is 0 Å². The molecule has 6 heteroatoms. The Kier molecular flexibility index (Phi) is 3.55. The van der Waals surface area contributed by atoms with Crippen molar-refractivity contribution in [3.8, 4) is 0 Å². The quantitative estimate of drug-likeness (QED) is 0.880. The first-order chi connectivity index (χ1) is 10.6. The molecule has 2 aromatic rings. The van der Waals surface area contributed by atoms with Crippen molar-refractivity contribution in [1.82, 2.24) is 5.53 Å². The summed E-state index contributed by atoms with van der Waals surface area (Å²) in [5.74, 6) is -0.288. The zero-order valence-electron chi connectivity index (χ0n) is 12.4. The molecule has 5 nitrogen and oxygen atoms in total. The summed E-state index contributed by atoms with van der Waals surface area (Å²) < 4.78 is 13.1. The summed E-state index contributed by atoms with van der Waals surface area (Å²) in [4.78, 5) is 0. The molecule has 0 fully saturated rings. The Bertz CT molecular complexity index is 815. The van der Waals surface area contributed by atoms with Crippen LogP contribution in [0.2, 0.25) is 0 Å². The third-order valence-corrected chi connectivity index (χ3v) is 3.78. The number of aliphatic hydroxyl groups excluding tert-OH is 1. The summed E-state index contributed by atoms with van der Waals surface area (Å²) in [7, 11) is 0. The molecule has 0 bridgehead atoms. The SMILES string of the molecule is CC1=Cc2ccccc2N2[N]N(c3ccc(F)cc3)C(O)=C12.O. The minimum atomic E-state index is -0.325. The van der Waals surface area contributed by atoms with Crippen molar-refractivity contribution in [2.24, 2.45) is 0 Å². The second-order valence-corrected chi connectivity index (χ2v) is 5.25. The Labute approximate surface area is 132 Å². The molecule has 0 saturated carbocycles. The van der Waals surface area contributed by atoms with Gasteiger partial charge in [-0.3, -0.25) is 0 Å². The first-order valence-corrected chi connectivity index (χ1v) is 6.93. The molecule has 0 saturated heterocycles. The zero-order chi connectivity index (χ0) is 15.3. The van der Waals surface area contributed by atoms with Gasteiger partial charge in [-0.25, -0.2) is 14.4 Å². The molecule has 2 heterocycles. The topological polar surface area (TPSA) is 72.3 Å². The number of hydrogen-bond acceptors (Lipinski definition) is 3. The molecule has 2 aromatic carbocycles. The van der Waals surface area contributed by atoms with Gasteiger partial charge in [0.1, 0.15) is 11.5 Å². The highest BCUT2D eigenvalue weighted by molar-refractivity contribution is 5.80. The van der Waals surface area contributed by atoms with Crippen molar-refractivity contribution in [2.75, 3.05) is 10.0 Å². The minimum absolute atomic E-state index is 0. The zero-order valence-corrected chi connectivity index (χ0v) is 12.4. The lowest BCUT2D eigenvalue weighted by atomic mass is 10.0. The van der Waals surface area contributed by atoms with E-state index in [0.29, 0.717) is 11.4 Å². The largest absolute Gasteiger partial charge is 0.492 e. The van der Waals surface area contributed by atoms with Crippen LogP contribution in [0.25, 0.3) is 6.08 Å². The Morgan fingerprint density at radius 3 is 2.43 bits per heavy atom. The summed E-state index contributed by atoms with van der Waals surface area (Å²) in [6, 6.07) is 13.7. The van der Waals surface area contributed by atoms with Crippen molar-refractivity contribution in [2.45, 2.75) is 6.92 Å². The van der Waals surface area contributed by atoms with Crippen LogP contribution in [-0.2, 0) is 0 Å².